The second-order valence-corrected chi connectivity index (χ2v) is 7.08. The molecule has 1 rings (SSSR count). The van der Waals surface area contributed by atoms with Crippen molar-refractivity contribution in [1.29, 1.82) is 0 Å². The van der Waals surface area contributed by atoms with E-state index in [1.807, 2.05) is 42.5 Å². The Morgan fingerprint density at radius 1 is 0.903 bits per heavy atom. The van der Waals surface area contributed by atoms with Crippen LogP contribution < -0.4 is 0 Å². The van der Waals surface area contributed by atoms with Crippen LogP contribution >= 0.6 is 0 Å². The van der Waals surface area contributed by atoms with Crippen LogP contribution in [0.25, 0.3) is 0 Å². The maximum absolute atomic E-state index is 12.1. The summed E-state index contributed by atoms with van der Waals surface area (Å²) in [7, 11) is 0. The minimum atomic E-state index is -0.444. The number of aliphatic hydroxyl groups excluding tert-OH is 1. The molecule has 0 fully saturated rings. The number of aromatic hydroxyl groups is 3. The normalized spacial score (nSPS) is 13.5. The van der Waals surface area contributed by atoms with Crippen molar-refractivity contribution in [2.45, 2.75) is 58.0 Å². The molecule has 0 amide bonds. The number of hydrogen-bond donors (Lipinski definition) is 4. The first kappa shape index (κ1) is 26.0. The maximum Gasteiger partial charge on any atom is 0.170 e. The van der Waals surface area contributed by atoms with Gasteiger partial charge in [0.05, 0.1) is 6.10 Å². The fourth-order valence-corrected chi connectivity index (χ4v) is 2.78. The van der Waals surface area contributed by atoms with E-state index in [0.717, 1.165) is 37.8 Å². The number of aliphatic hydroxyl groups is 1. The molecule has 0 aliphatic carbocycles. The zero-order chi connectivity index (χ0) is 22.9. The fourth-order valence-electron chi connectivity index (χ4n) is 2.78. The Morgan fingerprint density at radius 2 is 1.55 bits per heavy atom. The zero-order valence-electron chi connectivity index (χ0n) is 18.2. The Morgan fingerprint density at radius 3 is 2.23 bits per heavy atom. The molecule has 0 aliphatic heterocycles. The van der Waals surface area contributed by atoms with Crippen molar-refractivity contribution in [2.75, 3.05) is 0 Å². The molecule has 5 nitrogen and oxygen atoms in total. The lowest BCUT2D eigenvalue weighted by Crippen LogP contribution is -1.99. The second kappa shape index (κ2) is 15.7. The first-order chi connectivity index (χ1) is 15.0. The second-order valence-electron chi connectivity index (χ2n) is 7.08. The van der Waals surface area contributed by atoms with E-state index in [4.69, 9.17) is 0 Å². The number of rotatable bonds is 14. The fraction of sp³-hybridized carbons (Fsp3) is 0.346. The lowest BCUT2D eigenvalue weighted by Gasteiger charge is -2.06. The van der Waals surface area contributed by atoms with Crippen molar-refractivity contribution in [3.63, 3.8) is 0 Å². The van der Waals surface area contributed by atoms with Gasteiger partial charge in [0.15, 0.2) is 5.78 Å². The third-order valence-electron chi connectivity index (χ3n) is 4.37. The van der Waals surface area contributed by atoms with Gasteiger partial charge >= 0.3 is 0 Å². The summed E-state index contributed by atoms with van der Waals surface area (Å²) in [5.41, 5.74) is -0.143. The van der Waals surface area contributed by atoms with E-state index in [0.29, 0.717) is 12.8 Å². The number of carbonyl (C=O) groups is 1. The molecule has 5 heteroatoms. The van der Waals surface area contributed by atoms with Gasteiger partial charge in [0, 0.05) is 18.6 Å². The van der Waals surface area contributed by atoms with Gasteiger partial charge in [-0.3, -0.25) is 4.79 Å². The van der Waals surface area contributed by atoms with E-state index in [9.17, 15) is 25.2 Å². The van der Waals surface area contributed by atoms with E-state index in [1.54, 1.807) is 6.08 Å². The lowest BCUT2D eigenvalue weighted by molar-refractivity contribution is 0.0975. The molecular weight excluding hydrogens is 392 g/mol. The molecule has 0 spiro atoms. The summed E-state index contributed by atoms with van der Waals surface area (Å²) >= 11 is 0. The van der Waals surface area contributed by atoms with Crippen molar-refractivity contribution in [3.05, 3.63) is 78.5 Å². The summed E-state index contributed by atoms with van der Waals surface area (Å²) < 4.78 is 0. The largest absolute Gasteiger partial charge is 0.508 e. The number of phenolic OH excluding ortho intramolecular Hbond substituents is 3. The van der Waals surface area contributed by atoms with Gasteiger partial charge < -0.3 is 20.4 Å². The third kappa shape index (κ3) is 11.6. The highest BCUT2D eigenvalue weighted by molar-refractivity contribution is 6.01. The van der Waals surface area contributed by atoms with Crippen LogP contribution in [0, 0.1) is 0 Å². The predicted molar refractivity (Wildman–Crippen MR) is 125 cm³/mol. The summed E-state index contributed by atoms with van der Waals surface area (Å²) in [6, 6.07) is 2.08. The Kier molecular flexibility index (Phi) is 13.2. The van der Waals surface area contributed by atoms with Crippen LogP contribution in [0.15, 0.2) is 72.9 Å². The molecule has 1 aromatic carbocycles. The Balaban J connectivity index is 2.18. The molecule has 168 valence electrons. The van der Waals surface area contributed by atoms with Crippen LogP contribution in [-0.4, -0.2) is 32.3 Å². The molecular formula is C26H34O5. The summed E-state index contributed by atoms with van der Waals surface area (Å²) in [4.78, 5) is 12.1. The van der Waals surface area contributed by atoms with Crippen molar-refractivity contribution >= 4 is 5.78 Å². The van der Waals surface area contributed by atoms with Gasteiger partial charge in [0.2, 0.25) is 0 Å². The molecule has 1 atom stereocenters. The van der Waals surface area contributed by atoms with Crippen LogP contribution in [0.1, 0.15) is 62.2 Å². The highest BCUT2D eigenvalue weighted by Crippen LogP contribution is 2.33. The van der Waals surface area contributed by atoms with Crippen molar-refractivity contribution in [1.82, 2.24) is 0 Å². The average Bonchev–Trinajstić information content (AvgIpc) is 2.70. The lowest BCUT2D eigenvalue weighted by atomic mass is 10.0. The summed E-state index contributed by atoms with van der Waals surface area (Å²) in [6.07, 6.45) is 24.1. The predicted octanol–water partition coefficient (Wildman–Crippen LogP) is 5.88. The van der Waals surface area contributed by atoms with Gasteiger partial charge in [-0.1, -0.05) is 67.7 Å². The molecule has 0 saturated carbocycles. The first-order valence-corrected chi connectivity index (χ1v) is 10.7. The van der Waals surface area contributed by atoms with E-state index < -0.39 is 17.6 Å². The van der Waals surface area contributed by atoms with Crippen LogP contribution in [0.4, 0.5) is 0 Å². The first-order valence-electron chi connectivity index (χ1n) is 10.7. The van der Waals surface area contributed by atoms with Crippen LogP contribution in [-0.2, 0) is 0 Å². The van der Waals surface area contributed by atoms with Gasteiger partial charge in [-0.15, -0.1) is 0 Å². The topological polar surface area (TPSA) is 98.0 Å². The molecule has 1 aromatic rings. The van der Waals surface area contributed by atoms with Gasteiger partial charge in [0.25, 0.3) is 0 Å². The molecule has 1 unspecified atom stereocenters. The van der Waals surface area contributed by atoms with E-state index in [1.165, 1.54) is 0 Å². The SMILES string of the molecule is CCC=CCC(O)C=CC=CCC=CCC=CCCCC(=O)c1c(O)cc(O)cc1O. The summed E-state index contributed by atoms with van der Waals surface area (Å²) in [6.45, 7) is 2.06. The zero-order valence-corrected chi connectivity index (χ0v) is 18.2. The smallest absolute Gasteiger partial charge is 0.170 e. The number of benzene rings is 1. The number of carbonyl (C=O) groups excluding carboxylic acids is 1. The number of hydrogen-bond acceptors (Lipinski definition) is 5. The molecule has 0 bridgehead atoms. The molecule has 4 N–H and O–H groups in total. The Bertz CT molecular complexity index is 792. The molecule has 0 heterocycles. The quantitative estimate of drug-likeness (QED) is 0.129. The molecule has 0 radical (unpaired) electrons. The Labute approximate surface area is 185 Å². The number of ketones is 1. The van der Waals surface area contributed by atoms with E-state index >= 15 is 0 Å². The Hall–Kier alpha value is -3.05. The number of allylic oxidation sites excluding steroid dienone is 8. The monoisotopic (exact) mass is 426 g/mol. The minimum Gasteiger partial charge on any atom is -0.508 e. The van der Waals surface area contributed by atoms with Gasteiger partial charge in [-0.2, -0.15) is 0 Å². The van der Waals surface area contributed by atoms with E-state index in [-0.39, 0.29) is 23.5 Å². The van der Waals surface area contributed by atoms with Crippen molar-refractivity contribution in [2.24, 2.45) is 0 Å². The van der Waals surface area contributed by atoms with Crippen LogP contribution in [0.3, 0.4) is 0 Å². The third-order valence-corrected chi connectivity index (χ3v) is 4.37. The van der Waals surface area contributed by atoms with Gasteiger partial charge in [0.1, 0.15) is 22.8 Å². The van der Waals surface area contributed by atoms with Crippen molar-refractivity contribution < 1.29 is 25.2 Å². The number of Topliss-reactive ketones (excluding diaryl/α,β-unsaturated/α-hetero) is 1. The number of unbranched alkanes of at least 4 members (excludes halogenated alkanes) is 1. The molecule has 0 aliphatic rings. The van der Waals surface area contributed by atoms with Gasteiger partial charge in [-0.25, -0.2) is 0 Å². The summed E-state index contributed by atoms with van der Waals surface area (Å²) in [5, 5.41) is 38.4. The minimum absolute atomic E-state index is 0.143. The molecule has 0 saturated heterocycles. The van der Waals surface area contributed by atoms with E-state index in [2.05, 4.69) is 19.1 Å². The highest BCUT2D eigenvalue weighted by atomic mass is 16.3. The van der Waals surface area contributed by atoms with Crippen LogP contribution in [0.5, 0.6) is 17.2 Å². The average molecular weight is 427 g/mol. The maximum atomic E-state index is 12.1. The molecule has 31 heavy (non-hydrogen) atoms. The molecule has 0 aromatic heterocycles. The van der Waals surface area contributed by atoms with Crippen LogP contribution in [0.2, 0.25) is 0 Å². The van der Waals surface area contributed by atoms with Crippen molar-refractivity contribution in [3.8, 4) is 17.2 Å². The standard InChI is InChI=1S/C26H34O5/c1-2-3-13-16-21(27)17-14-11-9-7-5-4-6-8-10-12-15-18-23(29)26-24(30)19-22(28)20-25(26)31/h3-5,8-11,13-14,17,19-21,27-28,30-31H,2,6-7,12,15-16,18H2,1H3. The van der Waals surface area contributed by atoms with Gasteiger partial charge in [-0.05, 0) is 38.5 Å². The highest BCUT2D eigenvalue weighted by Gasteiger charge is 2.16. The number of phenols is 3. The summed E-state index contributed by atoms with van der Waals surface area (Å²) in [5.74, 6) is -1.46.